The number of ether oxygens (including phenoxy) is 1. The Kier molecular flexibility index (Phi) is 7.05. The minimum Gasteiger partial charge on any atom is -0.467 e. The molecule has 1 aliphatic heterocycles. The van der Waals surface area contributed by atoms with E-state index in [4.69, 9.17) is 9.72 Å². The molecule has 1 fully saturated rings. The number of nitrogens with zero attached hydrogens (tertiary/aromatic N) is 2. The molecule has 5 rings (SSSR count). The van der Waals surface area contributed by atoms with Gasteiger partial charge in [-0.05, 0) is 37.6 Å². The van der Waals surface area contributed by atoms with Gasteiger partial charge in [-0.1, -0.05) is 78.9 Å². The van der Waals surface area contributed by atoms with E-state index in [2.05, 4.69) is 10.2 Å². The van der Waals surface area contributed by atoms with Crippen LogP contribution in [0.2, 0.25) is 0 Å². The number of esters is 1. The lowest BCUT2D eigenvalue weighted by molar-refractivity contribution is -0.143. The number of rotatable bonds is 7. The number of para-hydroxylation sites is 1. The van der Waals surface area contributed by atoms with Gasteiger partial charge in [0, 0.05) is 23.1 Å². The van der Waals surface area contributed by atoms with Crippen LogP contribution in [0.15, 0.2) is 84.9 Å². The minimum absolute atomic E-state index is 0.320. The monoisotopic (exact) mass is 479 g/mol. The minimum atomic E-state index is -0.921. The number of carbonyl (C=O) groups is 2. The maximum atomic E-state index is 14.1. The Morgan fingerprint density at radius 1 is 0.917 bits per heavy atom. The Morgan fingerprint density at radius 3 is 2.25 bits per heavy atom. The molecule has 1 saturated heterocycles. The predicted octanol–water partition coefficient (Wildman–Crippen LogP) is 5.14. The van der Waals surface area contributed by atoms with E-state index in [1.807, 2.05) is 84.9 Å². The van der Waals surface area contributed by atoms with Gasteiger partial charge in [0.1, 0.15) is 0 Å². The van der Waals surface area contributed by atoms with E-state index < -0.39 is 12.0 Å². The van der Waals surface area contributed by atoms with Gasteiger partial charge < -0.3 is 10.1 Å². The Bertz CT molecular complexity index is 1370. The molecule has 1 aliphatic rings. The summed E-state index contributed by atoms with van der Waals surface area (Å²) in [4.78, 5) is 34.2. The van der Waals surface area contributed by atoms with Crippen molar-refractivity contribution in [3.8, 4) is 11.3 Å². The molecule has 0 spiro atoms. The molecule has 0 radical (unpaired) electrons. The lowest BCUT2D eigenvalue weighted by atomic mass is 9.95. The Labute approximate surface area is 210 Å². The lowest BCUT2D eigenvalue weighted by Gasteiger charge is -2.23. The number of pyridine rings is 1. The third-order valence-corrected chi connectivity index (χ3v) is 6.69. The quantitative estimate of drug-likeness (QED) is 0.372. The van der Waals surface area contributed by atoms with Gasteiger partial charge in [-0.15, -0.1) is 0 Å². The van der Waals surface area contributed by atoms with E-state index in [1.54, 1.807) is 0 Å². The first kappa shape index (κ1) is 23.7. The highest BCUT2D eigenvalue weighted by atomic mass is 16.5. The molecule has 182 valence electrons. The molecule has 0 aliphatic carbocycles. The number of benzene rings is 3. The van der Waals surface area contributed by atoms with Gasteiger partial charge >= 0.3 is 5.97 Å². The average Bonchev–Trinajstić information content (AvgIpc) is 3.45. The number of carbonyl (C=O) groups excluding carboxylic acids is 2. The average molecular weight is 480 g/mol. The van der Waals surface area contributed by atoms with Gasteiger partial charge in [-0.2, -0.15) is 0 Å². The van der Waals surface area contributed by atoms with Crippen LogP contribution in [0.25, 0.3) is 22.2 Å². The standard InChI is InChI=1S/C30H29N3O3/c1-36-30(35)28(22-14-6-3-7-15-22)32-29(34)26-23-16-8-9-17-25(23)31-27(21-12-4-2-5-13-21)24(26)20-33-18-10-11-19-33/h2-9,12-17,28H,10-11,18-20H2,1H3,(H,32,34). The van der Waals surface area contributed by atoms with Gasteiger partial charge in [0.2, 0.25) is 0 Å². The molecule has 4 aromatic rings. The van der Waals surface area contributed by atoms with E-state index in [-0.39, 0.29) is 5.91 Å². The summed E-state index contributed by atoms with van der Waals surface area (Å²) in [6, 6.07) is 25.9. The first-order chi connectivity index (χ1) is 17.7. The van der Waals surface area contributed by atoms with E-state index in [9.17, 15) is 9.59 Å². The summed E-state index contributed by atoms with van der Waals surface area (Å²) in [7, 11) is 1.33. The van der Waals surface area contributed by atoms with E-state index in [0.717, 1.165) is 53.7 Å². The van der Waals surface area contributed by atoms with Crippen molar-refractivity contribution in [2.75, 3.05) is 20.2 Å². The van der Waals surface area contributed by atoms with Gasteiger partial charge in [0.05, 0.1) is 23.9 Å². The molecule has 0 bridgehead atoms. The molecule has 2 heterocycles. The van der Waals surface area contributed by atoms with Gasteiger partial charge in [0.15, 0.2) is 6.04 Å². The van der Waals surface area contributed by atoms with Crippen molar-refractivity contribution in [3.63, 3.8) is 0 Å². The number of likely N-dealkylation sites (tertiary alicyclic amines) is 1. The summed E-state index contributed by atoms with van der Waals surface area (Å²) >= 11 is 0. The second-order valence-corrected chi connectivity index (χ2v) is 9.02. The summed E-state index contributed by atoms with van der Waals surface area (Å²) in [5.41, 5.74) is 4.58. The van der Waals surface area contributed by atoms with Crippen molar-refractivity contribution in [3.05, 3.63) is 102 Å². The Morgan fingerprint density at radius 2 is 1.56 bits per heavy atom. The molecule has 1 aromatic heterocycles. The fraction of sp³-hybridized carbons (Fsp3) is 0.233. The fourth-order valence-corrected chi connectivity index (χ4v) is 4.91. The summed E-state index contributed by atoms with van der Waals surface area (Å²) in [5.74, 6) is -0.837. The molecule has 1 amide bonds. The first-order valence-electron chi connectivity index (χ1n) is 12.3. The molecule has 1 unspecified atom stereocenters. The van der Waals surface area contributed by atoms with Crippen LogP contribution in [0.1, 0.15) is 40.4 Å². The SMILES string of the molecule is COC(=O)C(NC(=O)c1c(CN2CCCC2)c(-c2ccccc2)nc2ccccc12)c1ccccc1. The first-order valence-corrected chi connectivity index (χ1v) is 12.3. The van der Waals surface area contributed by atoms with E-state index in [1.165, 1.54) is 7.11 Å². The maximum absolute atomic E-state index is 14.1. The van der Waals surface area contributed by atoms with Crippen molar-refractivity contribution >= 4 is 22.8 Å². The lowest BCUT2D eigenvalue weighted by Crippen LogP contribution is -2.35. The van der Waals surface area contributed by atoms with Gasteiger partial charge in [-0.3, -0.25) is 9.69 Å². The largest absolute Gasteiger partial charge is 0.467 e. The topological polar surface area (TPSA) is 71.5 Å². The van der Waals surface area contributed by atoms with Crippen LogP contribution in [-0.4, -0.2) is 42.0 Å². The van der Waals surface area contributed by atoms with Crippen LogP contribution in [0.5, 0.6) is 0 Å². The molecule has 36 heavy (non-hydrogen) atoms. The number of nitrogens with one attached hydrogen (secondary N) is 1. The number of methoxy groups -OCH3 is 1. The highest BCUT2D eigenvalue weighted by Gasteiger charge is 2.29. The molecular formula is C30H29N3O3. The van der Waals surface area contributed by atoms with Crippen molar-refractivity contribution in [2.45, 2.75) is 25.4 Å². The van der Waals surface area contributed by atoms with Crippen molar-refractivity contribution in [1.82, 2.24) is 15.2 Å². The third kappa shape index (κ3) is 4.86. The zero-order valence-corrected chi connectivity index (χ0v) is 20.3. The molecule has 6 nitrogen and oxygen atoms in total. The van der Waals surface area contributed by atoms with Crippen LogP contribution < -0.4 is 5.32 Å². The number of hydrogen-bond donors (Lipinski definition) is 1. The number of hydrogen-bond acceptors (Lipinski definition) is 5. The molecule has 6 heteroatoms. The summed E-state index contributed by atoms with van der Waals surface area (Å²) in [6.07, 6.45) is 2.28. The fourth-order valence-electron chi connectivity index (χ4n) is 4.91. The molecule has 1 N–H and O–H groups in total. The zero-order valence-electron chi connectivity index (χ0n) is 20.3. The smallest absolute Gasteiger partial charge is 0.333 e. The van der Waals surface area contributed by atoms with Crippen LogP contribution in [0.4, 0.5) is 0 Å². The van der Waals surface area contributed by atoms with Crippen LogP contribution in [-0.2, 0) is 16.1 Å². The van der Waals surface area contributed by atoms with Crippen molar-refractivity contribution in [1.29, 1.82) is 0 Å². The Hall–Kier alpha value is -4.03. The molecule has 3 aromatic carbocycles. The van der Waals surface area contributed by atoms with Crippen LogP contribution in [0, 0.1) is 0 Å². The number of fused-ring (bicyclic) bond motifs is 1. The normalized spacial score (nSPS) is 14.5. The van der Waals surface area contributed by atoms with Gasteiger partial charge in [-0.25, -0.2) is 9.78 Å². The third-order valence-electron chi connectivity index (χ3n) is 6.69. The van der Waals surface area contributed by atoms with E-state index in [0.29, 0.717) is 17.7 Å². The summed E-state index contributed by atoms with van der Waals surface area (Å²) < 4.78 is 5.05. The van der Waals surface area contributed by atoms with Crippen molar-refractivity contribution < 1.29 is 14.3 Å². The van der Waals surface area contributed by atoms with E-state index >= 15 is 0 Å². The zero-order chi connectivity index (χ0) is 24.9. The number of amides is 1. The summed E-state index contributed by atoms with van der Waals surface area (Å²) in [5, 5.41) is 3.74. The highest BCUT2D eigenvalue weighted by Crippen LogP contribution is 2.32. The molecule has 0 saturated carbocycles. The highest BCUT2D eigenvalue weighted by molar-refractivity contribution is 6.10. The van der Waals surface area contributed by atoms with Crippen LogP contribution >= 0.6 is 0 Å². The predicted molar refractivity (Wildman–Crippen MR) is 140 cm³/mol. The molecule has 1 atom stereocenters. The van der Waals surface area contributed by atoms with Crippen LogP contribution in [0.3, 0.4) is 0 Å². The van der Waals surface area contributed by atoms with Gasteiger partial charge in [0.25, 0.3) is 5.91 Å². The number of aromatic nitrogens is 1. The van der Waals surface area contributed by atoms with Crippen molar-refractivity contribution in [2.24, 2.45) is 0 Å². The summed E-state index contributed by atoms with van der Waals surface area (Å²) in [6.45, 7) is 2.58. The second-order valence-electron chi connectivity index (χ2n) is 9.02. The molecular weight excluding hydrogens is 450 g/mol. The maximum Gasteiger partial charge on any atom is 0.333 e. The second kappa shape index (κ2) is 10.7. The Balaban J connectivity index is 1.67.